The first-order valence-corrected chi connectivity index (χ1v) is 5.09. The number of rotatable bonds is 5. The summed E-state index contributed by atoms with van der Waals surface area (Å²) in [7, 11) is 0. The highest BCUT2D eigenvalue weighted by Gasteiger charge is 2.40. The summed E-state index contributed by atoms with van der Waals surface area (Å²) in [4.78, 5) is 0. The van der Waals surface area contributed by atoms with Gasteiger partial charge in [-0.2, -0.15) is 0 Å². The van der Waals surface area contributed by atoms with Gasteiger partial charge in [0.05, 0.1) is 5.60 Å². The van der Waals surface area contributed by atoms with Crippen LogP contribution >= 0.6 is 0 Å². The van der Waals surface area contributed by atoms with Crippen LogP contribution in [0, 0.1) is 11.3 Å². The van der Waals surface area contributed by atoms with Gasteiger partial charge in [-0.05, 0) is 31.1 Å². The van der Waals surface area contributed by atoms with Crippen molar-refractivity contribution in [3.8, 4) is 0 Å². The van der Waals surface area contributed by atoms with Gasteiger partial charge in [-0.25, -0.2) is 0 Å². The summed E-state index contributed by atoms with van der Waals surface area (Å²) in [5.74, 6) is 0.432. The van der Waals surface area contributed by atoms with E-state index in [1.54, 1.807) is 0 Å². The Labute approximate surface area is 82.0 Å². The van der Waals surface area contributed by atoms with Gasteiger partial charge in [0.15, 0.2) is 0 Å². The quantitative estimate of drug-likeness (QED) is 0.694. The summed E-state index contributed by atoms with van der Waals surface area (Å²) in [6, 6.07) is 0. The average Bonchev–Trinajstić information content (AvgIpc) is 2.00. The van der Waals surface area contributed by atoms with Crippen LogP contribution in [0.3, 0.4) is 0 Å². The van der Waals surface area contributed by atoms with Crippen LogP contribution < -0.4 is 0 Å². The molecule has 13 heavy (non-hydrogen) atoms. The Morgan fingerprint density at radius 3 is 1.92 bits per heavy atom. The van der Waals surface area contributed by atoms with E-state index < -0.39 is 5.60 Å². The zero-order valence-corrected chi connectivity index (χ0v) is 9.59. The van der Waals surface area contributed by atoms with Crippen molar-refractivity contribution in [1.29, 1.82) is 0 Å². The monoisotopic (exact) mass is 188 g/mol. The highest BCUT2D eigenvalue weighted by atomic mass is 16.3. The third-order valence-electron chi connectivity index (χ3n) is 3.65. The largest absolute Gasteiger partial charge is 0.396 e. The summed E-state index contributed by atoms with van der Waals surface area (Å²) in [5.41, 5.74) is -0.800. The SMILES string of the molecule is CC(C)C(C)(C)C(C)(O)CCCO. The summed E-state index contributed by atoms with van der Waals surface area (Å²) in [6.07, 6.45) is 1.33. The number of aliphatic hydroxyl groups excluding tert-OH is 1. The number of hydrogen-bond donors (Lipinski definition) is 2. The lowest BCUT2D eigenvalue weighted by molar-refractivity contribution is -0.0843. The first kappa shape index (κ1) is 12.9. The van der Waals surface area contributed by atoms with Gasteiger partial charge in [-0.3, -0.25) is 0 Å². The van der Waals surface area contributed by atoms with Crippen molar-refractivity contribution < 1.29 is 10.2 Å². The van der Waals surface area contributed by atoms with Crippen molar-refractivity contribution in [2.75, 3.05) is 6.61 Å². The van der Waals surface area contributed by atoms with Crippen molar-refractivity contribution in [1.82, 2.24) is 0 Å². The van der Waals surface area contributed by atoms with E-state index >= 15 is 0 Å². The molecule has 1 unspecified atom stereocenters. The molecule has 2 N–H and O–H groups in total. The summed E-state index contributed by atoms with van der Waals surface area (Å²) >= 11 is 0. The summed E-state index contributed by atoms with van der Waals surface area (Å²) in [6.45, 7) is 10.4. The lowest BCUT2D eigenvalue weighted by Crippen LogP contribution is -2.45. The minimum absolute atomic E-state index is 0.109. The van der Waals surface area contributed by atoms with Crippen LogP contribution in [0.4, 0.5) is 0 Å². The van der Waals surface area contributed by atoms with E-state index in [4.69, 9.17) is 5.11 Å². The van der Waals surface area contributed by atoms with Crippen LogP contribution in [0.15, 0.2) is 0 Å². The van der Waals surface area contributed by atoms with Crippen LogP contribution in [-0.4, -0.2) is 22.4 Å². The van der Waals surface area contributed by atoms with Gasteiger partial charge in [0, 0.05) is 6.61 Å². The van der Waals surface area contributed by atoms with Crippen molar-refractivity contribution in [2.24, 2.45) is 11.3 Å². The Kier molecular flexibility index (Phi) is 4.40. The molecule has 0 saturated heterocycles. The van der Waals surface area contributed by atoms with Crippen LogP contribution in [-0.2, 0) is 0 Å². The fourth-order valence-electron chi connectivity index (χ4n) is 1.37. The predicted octanol–water partition coefficient (Wildman–Crippen LogP) is 2.19. The van der Waals surface area contributed by atoms with E-state index in [0.717, 1.165) is 0 Å². The molecule has 0 heterocycles. The second kappa shape index (κ2) is 4.43. The molecule has 0 aromatic heterocycles. The molecule has 0 rings (SSSR count). The molecule has 2 heteroatoms. The highest BCUT2D eigenvalue weighted by molar-refractivity contribution is 4.91. The molecule has 0 saturated carbocycles. The maximum atomic E-state index is 10.2. The molecule has 0 spiro atoms. The van der Waals surface area contributed by atoms with Gasteiger partial charge in [-0.1, -0.05) is 27.7 Å². The Morgan fingerprint density at radius 2 is 1.62 bits per heavy atom. The second-order valence-corrected chi connectivity index (χ2v) is 4.98. The van der Waals surface area contributed by atoms with Gasteiger partial charge in [0.2, 0.25) is 0 Å². The molecule has 0 radical (unpaired) electrons. The van der Waals surface area contributed by atoms with E-state index in [1.165, 1.54) is 0 Å². The van der Waals surface area contributed by atoms with Crippen molar-refractivity contribution in [2.45, 2.75) is 53.1 Å². The fourth-order valence-corrected chi connectivity index (χ4v) is 1.37. The van der Waals surface area contributed by atoms with E-state index in [1.807, 2.05) is 6.92 Å². The number of hydrogen-bond acceptors (Lipinski definition) is 2. The van der Waals surface area contributed by atoms with Crippen LogP contribution in [0.25, 0.3) is 0 Å². The molecule has 0 amide bonds. The van der Waals surface area contributed by atoms with Gasteiger partial charge < -0.3 is 10.2 Å². The maximum absolute atomic E-state index is 10.2. The molecular weight excluding hydrogens is 164 g/mol. The Bertz CT molecular complexity index is 148. The molecule has 0 aliphatic heterocycles. The smallest absolute Gasteiger partial charge is 0.0673 e. The molecule has 0 fully saturated rings. The average molecular weight is 188 g/mol. The molecule has 0 aliphatic rings. The Balaban J connectivity index is 4.41. The summed E-state index contributed by atoms with van der Waals surface area (Å²) in [5, 5.41) is 19.0. The highest BCUT2D eigenvalue weighted by Crippen LogP contribution is 2.40. The minimum atomic E-state index is -0.691. The van der Waals surface area contributed by atoms with Crippen molar-refractivity contribution in [3.63, 3.8) is 0 Å². The zero-order valence-electron chi connectivity index (χ0n) is 9.59. The normalized spacial score (nSPS) is 17.5. The molecule has 2 nitrogen and oxygen atoms in total. The zero-order chi connectivity index (χ0) is 10.7. The molecule has 0 aliphatic carbocycles. The lowest BCUT2D eigenvalue weighted by Gasteiger charge is -2.43. The molecular formula is C11H24O2. The number of aliphatic hydroxyl groups is 2. The molecule has 0 bridgehead atoms. The van der Waals surface area contributed by atoms with Gasteiger partial charge in [-0.15, -0.1) is 0 Å². The lowest BCUT2D eigenvalue weighted by atomic mass is 9.67. The third kappa shape index (κ3) is 2.96. The standard InChI is InChI=1S/C11H24O2/c1-9(2)10(3,4)11(5,13)7-6-8-12/h9,12-13H,6-8H2,1-5H3. The van der Waals surface area contributed by atoms with Gasteiger partial charge >= 0.3 is 0 Å². The van der Waals surface area contributed by atoms with Crippen molar-refractivity contribution >= 4 is 0 Å². The van der Waals surface area contributed by atoms with E-state index in [0.29, 0.717) is 18.8 Å². The first-order chi connectivity index (χ1) is 5.75. The molecule has 0 aromatic rings. The molecule has 80 valence electrons. The Hall–Kier alpha value is -0.0800. The maximum Gasteiger partial charge on any atom is 0.0673 e. The third-order valence-corrected chi connectivity index (χ3v) is 3.65. The van der Waals surface area contributed by atoms with Crippen molar-refractivity contribution in [3.05, 3.63) is 0 Å². The second-order valence-electron chi connectivity index (χ2n) is 4.98. The van der Waals surface area contributed by atoms with E-state index in [2.05, 4.69) is 27.7 Å². The molecule has 0 aromatic carbocycles. The minimum Gasteiger partial charge on any atom is -0.396 e. The summed E-state index contributed by atoms with van der Waals surface area (Å²) < 4.78 is 0. The van der Waals surface area contributed by atoms with E-state index in [9.17, 15) is 5.11 Å². The Morgan fingerprint density at radius 1 is 1.15 bits per heavy atom. The van der Waals surface area contributed by atoms with Crippen LogP contribution in [0.2, 0.25) is 0 Å². The molecule has 1 atom stereocenters. The van der Waals surface area contributed by atoms with E-state index in [-0.39, 0.29) is 12.0 Å². The van der Waals surface area contributed by atoms with Crippen LogP contribution in [0.5, 0.6) is 0 Å². The van der Waals surface area contributed by atoms with Gasteiger partial charge in [0.1, 0.15) is 0 Å². The van der Waals surface area contributed by atoms with Crippen LogP contribution in [0.1, 0.15) is 47.5 Å². The fraction of sp³-hybridized carbons (Fsp3) is 1.00. The first-order valence-electron chi connectivity index (χ1n) is 5.09. The topological polar surface area (TPSA) is 40.5 Å². The van der Waals surface area contributed by atoms with Gasteiger partial charge in [0.25, 0.3) is 0 Å². The predicted molar refractivity (Wildman–Crippen MR) is 55.6 cm³/mol.